The van der Waals surface area contributed by atoms with Gasteiger partial charge in [-0.3, -0.25) is 14.4 Å². The van der Waals surface area contributed by atoms with E-state index in [2.05, 4.69) is 20.9 Å². The fraction of sp³-hybridized carbons (Fsp3) is 0.353. The van der Waals surface area contributed by atoms with E-state index >= 15 is 0 Å². The van der Waals surface area contributed by atoms with Gasteiger partial charge in [0.2, 0.25) is 5.95 Å². The number of hydrogen-bond donors (Lipinski definition) is 3. The molecule has 0 radical (unpaired) electrons. The summed E-state index contributed by atoms with van der Waals surface area (Å²) in [6.07, 6.45) is -0.614. The molecular formula is C34H38N6O8. The molecule has 1 saturated heterocycles. The number of aromatic nitrogens is 2. The summed E-state index contributed by atoms with van der Waals surface area (Å²) in [5.41, 5.74) is 3.08. The van der Waals surface area contributed by atoms with Gasteiger partial charge in [0.1, 0.15) is 6.10 Å². The van der Waals surface area contributed by atoms with Gasteiger partial charge in [-0.25, -0.2) is 4.98 Å². The number of imidazole rings is 1. The number of carbonyl (C=O) groups is 3. The van der Waals surface area contributed by atoms with Crippen LogP contribution in [0, 0.1) is 0 Å². The Balaban J connectivity index is 1.30. The van der Waals surface area contributed by atoms with Crippen LogP contribution < -0.4 is 34.9 Å². The third-order valence-corrected chi connectivity index (χ3v) is 8.37. The molecule has 3 aliphatic rings. The van der Waals surface area contributed by atoms with Crippen LogP contribution in [0.5, 0.6) is 23.0 Å². The largest absolute Gasteiger partial charge is 0.493 e. The minimum absolute atomic E-state index is 0.192. The van der Waals surface area contributed by atoms with Crippen LogP contribution in [0.4, 0.5) is 5.95 Å². The molecule has 0 unspecified atom stereocenters. The number of ether oxygens (including phenoxy) is 5. The van der Waals surface area contributed by atoms with Crippen molar-refractivity contribution >= 4 is 34.7 Å². The van der Waals surface area contributed by atoms with Gasteiger partial charge in [-0.15, -0.1) is 0 Å². The number of aryl methyl sites for hydroxylation is 1. The van der Waals surface area contributed by atoms with Crippen molar-refractivity contribution in [1.82, 2.24) is 25.1 Å². The zero-order chi connectivity index (χ0) is 33.8. The molecule has 0 spiro atoms. The Morgan fingerprint density at radius 1 is 1.00 bits per heavy atom. The Kier molecular flexibility index (Phi) is 9.52. The monoisotopic (exact) mass is 658 g/mol. The van der Waals surface area contributed by atoms with E-state index in [9.17, 15) is 14.4 Å². The van der Waals surface area contributed by atoms with Gasteiger partial charge >= 0.3 is 0 Å². The van der Waals surface area contributed by atoms with Gasteiger partial charge in [-0.2, -0.15) is 0 Å². The number of nitrogens with zero attached hydrogens (tertiary/aromatic N) is 3. The fourth-order valence-corrected chi connectivity index (χ4v) is 5.80. The summed E-state index contributed by atoms with van der Waals surface area (Å²) >= 11 is 0. The second kappa shape index (κ2) is 14.1. The summed E-state index contributed by atoms with van der Waals surface area (Å²) < 4.78 is 30.2. The van der Waals surface area contributed by atoms with E-state index in [1.807, 2.05) is 23.7 Å². The molecule has 3 N–H and O–H groups in total. The number of amides is 3. The Hall–Kier alpha value is -5.50. The maximum Gasteiger partial charge on any atom is 0.258 e. The Morgan fingerprint density at radius 2 is 1.83 bits per heavy atom. The van der Waals surface area contributed by atoms with Crippen LogP contribution in [0.25, 0.3) is 11.0 Å². The third-order valence-electron chi connectivity index (χ3n) is 8.37. The summed E-state index contributed by atoms with van der Waals surface area (Å²) in [5, 5.41) is 9.11. The zero-order valence-corrected chi connectivity index (χ0v) is 27.2. The maximum absolute atomic E-state index is 13.9. The smallest absolute Gasteiger partial charge is 0.258 e. The Morgan fingerprint density at radius 3 is 2.62 bits per heavy atom. The van der Waals surface area contributed by atoms with E-state index in [1.54, 1.807) is 48.4 Å². The van der Waals surface area contributed by atoms with Crippen molar-refractivity contribution in [2.75, 3.05) is 59.5 Å². The van der Waals surface area contributed by atoms with E-state index in [-0.39, 0.29) is 49.4 Å². The highest BCUT2D eigenvalue weighted by molar-refractivity contribution is 5.98. The van der Waals surface area contributed by atoms with Crippen LogP contribution in [0.2, 0.25) is 0 Å². The number of fused-ring (bicyclic) bond motifs is 8. The average molecular weight is 659 g/mol. The number of anilines is 1. The van der Waals surface area contributed by atoms with Gasteiger partial charge in [-0.05, 0) is 54.1 Å². The highest BCUT2D eigenvalue weighted by atomic mass is 16.5. The van der Waals surface area contributed by atoms with Gasteiger partial charge in [0.15, 0.2) is 29.6 Å². The standard InChI is InChI=1S/C34H38N6O8/c1-39-25-8-6-22(14-23(25)38-34(39)35-11-12-44-2)33(43)40-17-24-30(18-40)48-27-9-5-20(13-28(27)46-4)16-36-31(41)19-47-29-15-21(32(42)37-24)7-10-26(29)45-3/h5-10,13-15,24,30H,11-12,16-19H2,1-4H3,(H,35,38)(H,36,41)(H,37,42)/t24-,30-/m0/s1. The molecule has 2 atom stereocenters. The normalized spacial score (nSPS) is 17.9. The average Bonchev–Trinajstić information content (AvgIpc) is 3.64. The summed E-state index contributed by atoms with van der Waals surface area (Å²) in [4.78, 5) is 46.4. The lowest BCUT2D eigenvalue weighted by atomic mass is 10.1. The van der Waals surface area contributed by atoms with E-state index < -0.39 is 18.1 Å². The molecule has 48 heavy (non-hydrogen) atoms. The first kappa shape index (κ1) is 32.4. The second-order valence-corrected chi connectivity index (χ2v) is 11.5. The third kappa shape index (κ3) is 6.79. The van der Waals surface area contributed by atoms with E-state index in [0.29, 0.717) is 47.4 Å². The van der Waals surface area contributed by atoms with E-state index in [0.717, 1.165) is 11.1 Å². The van der Waals surface area contributed by atoms with Crippen molar-refractivity contribution in [2.45, 2.75) is 18.7 Å². The molecule has 4 heterocycles. The van der Waals surface area contributed by atoms with Gasteiger partial charge in [0.05, 0.1) is 44.4 Å². The number of carbonyl (C=O) groups excluding carboxylic acids is 3. The molecule has 14 heteroatoms. The quantitative estimate of drug-likeness (QED) is 0.252. The van der Waals surface area contributed by atoms with Crippen molar-refractivity contribution in [3.8, 4) is 23.0 Å². The van der Waals surface area contributed by atoms with Crippen molar-refractivity contribution < 1.29 is 38.1 Å². The molecule has 3 aliphatic heterocycles. The lowest BCUT2D eigenvalue weighted by molar-refractivity contribution is -0.123. The number of likely N-dealkylation sites (tertiary alicyclic amines) is 1. The predicted octanol–water partition coefficient (Wildman–Crippen LogP) is 2.36. The SMILES string of the molecule is COCCNc1nc2cc(C(=O)N3C[C@@H]4NC(=O)c5ccc(OC)c(c5)OCC(=O)NCc5ccc(c(OC)c5)O[C@H]4C3)ccc2n1C. The Labute approximate surface area is 277 Å². The van der Waals surface area contributed by atoms with Crippen LogP contribution in [0.1, 0.15) is 26.3 Å². The topological polar surface area (TPSA) is 155 Å². The number of benzene rings is 3. The molecule has 7 rings (SSSR count). The zero-order valence-electron chi connectivity index (χ0n) is 27.2. The van der Waals surface area contributed by atoms with E-state index in [4.69, 9.17) is 23.7 Å². The number of methoxy groups -OCH3 is 3. The van der Waals surface area contributed by atoms with Crippen LogP contribution in [-0.4, -0.2) is 98.5 Å². The molecule has 4 bridgehead atoms. The summed E-state index contributed by atoms with van der Waals surface area (Å²) in [6, 6.07) is 14.9. The van der Waals surface area contributed by atoms with Crippen LogP contribution in [-0.2, 0) is 23.1 Å². The van der Waals surface area contributed by atoms with Gasteiger partial charge in [0.25, 0.3) is 17.7 Å². The molecule has 252 valence electrons. The first-order valence-corrected chi connectivity index (χ1v) is 15.5. The first-order valence-electron chi connectivity index (χ1n) is 15.5. The molecular weight excluding hydrogens is 620 g/mol. The molecule has 3 aromatic carbocycles. The first-order chi connectivity index (χ1) is 23.3. The molecule has 0 saturated carbocycles. The molecule has 1 aromatic heterocycles. The molecule has 4 aromatic rings. The predicted molar refractivity (Wildman–Crippen MR) is 176 cm³/mol. The maximum atomic E-state index is 13.9. The van der Waals surface area contributed by atoms with Crippen molar-refractivity contribution in [3.05, 3.63) is 71.3 Å². The molecule has 14 nitrogen and oxygen atoms in total. The van der Waals surface area contributed by atoms with Gasteiger partial charge in [-0.1, -0.05) is 6.07 Å². The number of rotatable bonds is 7. The molecule has 0 aliphatic carbocycles. The summed E-state index contributed by atoms with van der Waals surface area (Å²) in [6.45, 7) is 1.47. The molecule has 3 amide bonds. The number of nitrogens with one attached hydrogen (secondary N) is 3. The van der Waals surface area contributed by atoms with Crippen LogP contribution in [0.15, 0.2) is 54.6 Å². The van der Waals surface area contributed by atoms with Crippen molar-refractivity contribution in [1.29, 1.82) is 0 Å². The van der Waals surface area contributed by atoms with Crippen molar-refractivity contribution in [2.24, 2.45) is 7.05 Å². The van der Waals surface area contributed by atoms with Crippen molar-refractivity contribution in [3.63, 3.8) is 0 Å². The summed E-state index contributed by atoms with van der Waals surface area (Å²) in [5.74, 6) is 1.20. The highest BCUT2D eigenvalue weighted by Gasteiger charge is 2.39. The fourth-order valence-electron chi connectivity index (χ4n) is 5.80. The summed E-state index contributed by atoms with van der Waals surface area (Å²) in [7, 11) is 6.54. The number of hydrogen-bond acceptors (Lipinski definition) is 10. The van der Waals surface area contributed by atoms with Crippen LogP contribution in [0.3, 0.4) is 0 Å². The highest BCUT2D eigenvalue weighted by Crippen LogP contribution is 2.32. The van der Waals surface area contributed by atoms with Gasteiger partial charge < -0.3 is 49.1 Å². The van der Waals surface area contributed by atoms with Gasteiger partial charge in [0, 0.05) is 44.9 Å². The lowest BCUT2D eigenvalue weighted by Gasteiger charge is -2.22. The molecule has 1 fully saturated rings. The second-order valence-electron chi connectivity index (χ2n) is 11.5. The Bertz CT molecular complexity index is 1840. The minimum Gasteiger partial charge on any atom is -0.493 e. The lowest BCUT2D eigenvalue weighted by Crippen LogP contribution is -2.45. The minimum atomic E-state index is -0.614. The van der Waals surface area contributed by atoms with E-state index in [1.165, 1.54) is 20.3 Å². The van der Waals surface area contributed by atoms with Crippen LogP contribution >= 0.6 is 0 Å².